The standard InChI is InChI=1S/C24H29N3/c1-14-5-7-17(8-6-14)19-13-18-9-10-22(27(18)4)23(19)24-25-20-11-15(2)16(3)12-21(20)26-24/h5-8,11-12,18-19,22-23H,9-10,13H2,1-4H3,(H,25,26). The Morgan fingerprint density at radius 3 is 2.52 bits per heavy atom. The molecular weight excluding hydrogens is 330 g/mol. The minimum Gasteiger partial charge on any atom is -0.342 e. The molecule has 3 heteroatoms. The first-order valence-electron chi connectivity index (χ1n) is 10.3. The van der Waals surface area contributed by atoms with Crippen molar-refractivity contribution < 1.29 is 0 Å². The van der Waals surface area contributed by atoms with Gasteiger partial charge in [-0.05, 0) is 81.8 Å². The fraction of sp³-hybridized carbons (Fsp3) is 0.458. The molecular formula is C24H29N3. The molecule has 2 aliphatic rings. The lowest BCUT2D eigenvalue weighted by molar-refractivity contribution is 0.134. The molecule has 2 fully saturated rings. The lowest BCUT2D eigenvalue weighted by Crippen LogP contribution is -2.44. The van der Waals surface area contributed by atoms with Gasteiger partial charge in [-0.25, -0.2) is 4.98 Å². The largest absolute Gasteiger partial charge is 0.342 e. The van der Waals surface area contributed by atoms with Crippen LogP contribution in [-0.2, 0) is 0 Å². The predicted octanol–water partition coefficient (Wildman–Crippen LogP) is 5.22. The van der Waals surface area contributed by atoms with Gasteiger partial charge in [0.2, 0.25) is 0 Å². The van der Waals surface area contributed by atoms with E-state index in [-0.39, 0.29) is 0 Å². The number of rotatable bonds is 2. The number of aromatic nitrogens is 2. The lowest BCUT2D eigenvalue weighted by Gasteiger charge is -2.42. The van der Waals surface area contributed by atoms with E-state index < -0.39 is 0 Å². The first-order chi connectivity index (χ1) is 13.0. The van der Waals surface area contributed by atoms with Crippen LogP contribution in [0.1, 0.15) is 59.2 Å². The molecule has 3 heterocycles. The van der Waals surface area contributed by atoms with E-state index in [1.807, 2.05) is 0 Å². The van der Waals surface area contributed by atoms with Crippen LogP contribution >= 0.6 is 0 Å². The third-order valence-corrected chi connectivity index (χ3v) is 7.21. The van der Waals surface area contributed by atoms with Crippen LogP contribution in [0.5, 0.6) is 0 Å². The van der Waals surface area contributed by atoms with Crippen LogP contribution in [0.4, 0.5) is 0 Å². The molecule has 0 aliphatic carbocycles. The minimum absolute atomic E-state index is 0.435. The molecule has 1 N–H and O–H groups in total. The molecule has 3 nitrogen and oxygen atoms in total. The normalized spacial score (nSPS) is 28.1. The first kappa shape index (κ1) is 17.0. The maximum atomic E-state index is 5.10. The van der Waals surface area contributed by atoms with Gasteiger partial charge in [-0.1, -0.05) is 29.8 Å². The number of nitrogens with zero attached hydrogens (tertiary/aromatic N) is 2. The smallest absolute Gasteiger partial charge is 0.112 e. The molecule has 27 heavy (non-hydrogen) atoms. The summed E-state index contributed by atoms with van der Waals surface area (Å²) in [7, 11) is 2.32. The first-order valence-corrected chi connectivity index (χ1v) is 10.3. The topological polar surface area (TPSA) is 31.9 Å². The molecule has 1 aromatic heterocycles. The van der Waals surface area contributed by atoms with Gasteiger partial charge in [0.05, 0.1) is 11.0 Å². The summed E-state index contributed by atoms with van der Waals surface area (Å²) in [5, 5.41) is 0. The quantitative estimate of drug-likeness (QED) is 0.680. The fourth-order valence-corrected chi connectivity index (χ4v) is 5.44. The molecule has 0 radical (unpaired) electrons. The van der Waals surface area contributed by atoms with E-state index in [1.54, 1.807) is 0 Å². The Morgan fingerprint density at radius 1 is 1.00 bits per heavy atom. The van der Waals surface area contributed by atoms with E-state index in [1.165, 1.54) is 52.9 Å². The number of hydrogen-bond acceptors (Lipinski definition) is 2. The molecule has 2 aliphatic heterocycles. The summed E-state index contributed by atoms with van der Waals surface area (Å²) in [6, 6.07) is 15.0. The highest BCUT2D eigenvalue weighted by molar-refractivity contribution is 5.77. The predicted molar refractivity (Wildman–Crippen MR) is 111 cm³/mol. The Labute approximate surface area is 161 Å². The SMILES string of the molecule is Cc1ccc(C2CC3CCC(C2c2nc4cc(C)c(C)cc4[nH]2)N3C)cc1. The third kappa shape index (κ3) is 2.71. The monoisotopic (exact) mass is 359 g/mol. The molecule has 140 valence electrons. The number of hydrogen-bond donors (Lipinski definition) is 1. The number of nitrogens with one attached hydrogen (secondary N) is 1. The zero-order valence-electron chi connectivity index (χ0n) is 16.8. The third-order valence-electron chi connectivity index (χ3n) is 7.21. The van der Waals surface area contributed by atoms with Crippen molar-refractivity contribution in [2.75, 3.05) is 7.05 Å². The summed E-state index contributed by atoms with van der Waals surface area (Å²) in [5.41, 5.74) is 7.74. The number of benzene rings is 2. The summed E-state index contributed by atoms with van der Waals surface area (Å²) in [5.74, 6) is 2.16. The van der Waals surface area contributed by atoms with E-state index in [2.05, 4.69) is 74.1 Å². The number of fused-ring (bicyclic) bond motifs is 3. The number of aromatic amines is 1. The highest BCUT2D eigenvalue weighted by atomic mass is 15.2. The van der Waals surface area contributed by atoms with Crippen molar-refractivity contribution in [3.8, 4) is 0 Å². The van der Waals surface area contributed by atoms with Gasteiger partial charge in [0.1, 0.15) is 5.82 Å². The van der Waals surface area contributed by atoms with Gasteiger partial charge in [0, 0.05) is 18.0 Å². The Kier molecular flexibility index (Phi) is 3.90. The number of aryl methyl sites for hydroxylation is 3. The van der Waals surface area contributed by atoms with Crippen LogP contribution in [0.2, 0.25) is 0 Å². The molecule has 0 amide bonds. The summed E-state index contributed by atoms with van der Waals surface area (Å²) < 4.78 is 0. The van der Waals surface area contributed by atoms with Gasteiger partial charge in [-0.3, -0.25) is 4.90 Å². The second-order valence-electron chi connectivity index (χ2n) is 8.82. The minimum atomic E-state index is 0.435. The Hall–Kier alpha value is -2.13. The molecule has 0 spiro atoms. The van der Waals surface area contributed by atoms with Gasteiger partial charge >= 0.3 is 0 Å². The molecule has 0 saturated carbocycles. The van der Waals surface area contributed by atoms with Crippen molar-refractivity contribution in [3.63, 3.8) is 0 Å². The Bertz CT molecular complexity index is 946. The van der Waals surface area contributed by atoms with Gasteiger partial charge in [-0.2, -0.15) is 0 Å². The van der Waals surface area contributed by atoms with Crippen LogP contribution in [0.25, 0.3) is 11.0 Å². The van der Waals surface area contributed by atoms with Crippen LogP contribution in [0.3, 0.4) is 0 Å². The van der Waals surface area contributed by atoms with Crippen molar-refractivity contribution >= 4 is 11.0 Å². The van der Waals surface area contributed by atoms with Gasteiger partial charge in [0.15, 0.2) is 0 Å². The highest BCUT2D eigenvalue weighted by Gasteiger charge is 2.47. The maximum absolute atomic E-state index is 5.10. The summed E-state index contributed by atoms with van der Waals surface area (Å²) in [4.78, 5) is 11.4. The van der Waals surface area contributed by atoms with Gasteiger partial charge < -0.3 is 4.98 Å². The molecule has 2 aromatic carbocycles. The summed E-state index contributed by atoms with van der Waals surface area (Å²) >= 11 is 0. The van der Waals surface area contributed by atoms with Crippen LogP contribution < -0.4 is 0 Å². The van der Waals surface area contributed by atoms with E-state index in [0.29, 0.717) is 23.9 Å². The number of likely N-dealkylation sites (N-methyl/N-ethyl adjacent to an activating group) is 1. The van der Waals surface area contributed by atoms with Crippen LogP contribution in [0.15, 0.2) is 36.4 Å². The van der Waals surface area contributed by atoms with E-state index in [4.69, 9.17) is 4.98 Å². The lowest BCUT2D eigenvalue weighted by atomic mass is 9.75. The molecule has 4 unspecified atom stereocenters. The van der Waals surface area contributed by atoms with E-state index in [9.17, 15) is 0 Å². The van der Waals surface area contributed by atoms with E-state index in [0.717, 1.165) is 5.52 Å². The Morgan fingerprint density at radius 2 is 1.74 bits per heavy atom. The summed E-state index contributed by atoms with van der Waals surface area (Å²) in [6.07, 6.45) is 3.83. The zero-order chi connectivity index (χ0) is 18.7. The molecule has 3 aromatic rings. The zero-order valence-corrected chi connectivity index (χ0v) is 16.8. The van der Waals surface area contributed by atoms with Crippen molar-refractivity contribution in [2.24, 2.45) is 0 Å². The van der Waals surface area contributed by atoms with Crippen molar-refractivity contribution in [3.05, 3.63) is 64.5 Å². The number of imidazole rings is 1. The Balaban J connectivity index is 1.62. The van der Waals surface area contributed by atoms with Crippen LogP contribution in [0, 0.1) is 20.8 Å². The van der Waals surface area contributed by atoms with Crippen molar-refractivity contribution in [1.82, 2.24) is 14.9 Å². The summed E-state index contributed by atoms with van der Waals surface area (Å²) in [6.45, 7) is 6.53. The van der Waals surface area contributed by atoms with Gasteiger partial charge in [0.25, 0.3) is 0 Å². The highest BCUT2D eigenvalue weighted by Crippen LogP contribution is 2.50. The maximum Gasteiger partial charge on any atom is 0.112 e. The van der Waals surface area contributed by atoms with Gasteiger partial charge in [-0.15, -0.1) is 0 Å². The number of H-pyrrole nitrogens is 1. The molecule has 4 atom stereocenters. The van der Waals surface area contributed by atoms with Crippen molar-refractivity contribution in [1.29, 1.82) is 0 Å². The van der Waals surface area contributed by atoms with E-state index >= 15 is 0 Å². The second kappa shape index (κ2) is 6.20. The molecule has 5 rings (SSSR count). The molecule has 2 bridgehead atoms. The average molecular weight is 360 g/mol. The fourth-order valence-electron chi connectivity index (χ4n) is 5.44. The van der Waals surface area contributed by atoms with Crippen molar-refractivity contribution in [2.45, 2.75) is 64.0 Å². The average Bonchev–Trinajstić information content (AvgIpc) is 3.13. The molecule has 2 saturated heterocycles. The van der Waals surface area contributed by atoms with Crippen LogP contribution in [-0.4, -0.2) is 34.0 Å². The second-order valence-corrected chi connectivity index (χ2v) is 8.82. The number of piperidine rings is 1.